The minimum absolute atomic E-state index is 0.0796. The van der Waals surface area contributed by atoms with Crippen molar-refractivity contribution in [2.45, 2.75) is 234 Å². The number of benzene rings is 1. The van der Waals surface area contributed by atoms with Gasteiger partial charge in [-0.1, -0.05) is 80.5 Å². The van der Waals surface area contributed by atoms with Crippen molar-refractivity contribution >= 4 is 47.7 Å². The van der Waals surface area contributed by atoms with Gasteiger partial charge in [0.15, 0.2) is 62.4 Å². The van der Waals surface area contributed by atoms with E-state index in [2.05, 4.69) is 5.32 Å². The standard InChI is InChI=1S/C61H91NO25/c1-17-43-28(3)30(5)52(57(79-43)62-48(70)27-74-42-22-20-19-21-23-42)87-61-56(78-41(16)69)51(34(9)47(83-61)26-73-37(12)65)86-60-55(77-40(15)68)50(33(8)46(82-60)25-72-36(11)64)85-59-54(76-39(14)67)49(32(7)45(81-59)24-71-35(10)63)84-58-53(75-38(13)66)31(6)29(4)44(18-2)80-58/h19-23,28-34,43-47,49-61H,17-18,24-27H2,1-16H3,(H,62,70)/t28-,29-,30-,31-,32+,33+,34+,43?,44?,45?,46?,47?,49-,50-,51-,52?,53?,54?,55?,56?,57-,58+,59+,60+,61+/m0/s1. The van der Waals surface area contributed by atoms with E-state index in [0.717, 1.165) is 13.8 Å². The molecule has 1 aromatic carbocycles. The minimum atomic E-state index is -1.72. The highest BCUT2D eigenvalue weighted by Crippen LogP contribution is 2.43. The maximum absolute atomic E-state index is 13.7. The fraction of sp³-hybridized carbons (Fsp3) is 0.770. The van der Waals surface area contributed by atoms with Crippen LogP contribution in [0.3, 0.4) is 0 Å². The number of para-hydroxylation sites is 1. The molecule has 6 rings (SSSR count). The molecule has 0 aromatic heterocycles. The Balaban J connectivity index is 1.42. The third-order valence-corrected chi connectivity index (χ3v) is 17.0. The maximum atomic E-state index is 13.7. The van der Waals surface area contributed by atoms with Gasteiger partial charge >= 0.3 is 41.8 Å². The minimum Gasteiger partial charge on any atom is -0.484 e. The van der Waals surface area contributed by atoms with Crippen LogP contribution in [0.15, 0.2) is 30.3 Å². The summed E-state index contributed by atoms with van der Waals surface area (Å²) >= 11 is 0. The Labute approximate surface area is 508 Å². The second-order valence-corrected chi connectivity index (χ2v) is 23.4. The van der Waals surface area contributed by atoms with E-state index in [1.807, 2.05) is 47.6 Å². The van der Waals surface area contributed by atoms with Crippen LogP contribution in [0.2, 0.25) is 0 Å². The van der Waals surface area contributed by atoms with Gasteiger partial charge in [-0.15, -0.1) is 0 Å². The molecule has 0 bridgehead atoms. The quantitative estimate of drug-likeness (QED) is 0.105. The van der Waals surface area contributed by atoms with Crippen LogP contribution in [0.5, 0.6) is 5.75 Å². The molecule has 5 heterocycles. The van der Waals surface area contributed by atoms with Gasteiger partial charge in [0.05, 0.1) is 12.2 Å². The predicted molar refractivity (Wildman–Crippen MR) is 300 cm³/mol. The summed E-state index contributed by atoms with van der Waals surface area (Å²) in [6, 6.07) is 8.76. The average molecular weight is 1240 g/mol. The van der Waals surface area contributed by atoms with Crippen molar-refractivity contribution in [3.63, 3.8) is 0 Å². The molecule has 490 valence electrons. The van der Waals surface area contributed by atoms with Gasteiger partial charge in [-0.2, -0.15) is 0 Å². The van der Waals surface area contributed by atoms with Gasteiger partial charge in [-0.25, -0.2) is 0 Å². The third kappa shape index (κ3) is 18.7. The van der Waals surface area contributed by atoms with E-state index in [1.165, 1.54) is 34.6 Å². The van der Waals surface area contributed by atoms with E-state index in [4.69, 9.17) is 80.5 Å². The summed E-state index contributed by atoms with van der Waals surface area (Å²) in [5.41, 5.74) is 0. The molecule has 87 heavy (non-hydrogen) atoms. The molecule has 1 aromatic rings. The molecule has 26 heteroatoms. The smallest absolute Gasteiger partial charge is 0.303 e. The van der Waals surface area contributed by atoms with Crippen LogP contribution in [0, 0.1) is 41.4 Å². The Morgan fingerprint density at radius 3 is 1.06 bits per heavy atom. The summed E-state index contributed by atoms with van der Waals surface area (Å²) in [4.78, 5) is 104. The van der Waals surface area contributed by atoms with Crippen LogP contribution in [-0.4, -0.2) is 185 Å². The number of nitrogens with one attached hydrogen (secondary N) is 1. The van der Waals surface area contributed by atoms with E-state index in [-0.39, 0.29) is 55.7 Å². The molecule has 1 amide bonds. The van der Waals surface area contributed by atoms with Gasteiger partial charge in [0, 0.05) is 72.1 Å². The molecule has 5 aliphatic rings. The molecular weight excluding hydrogens is 1150 g/mol. The van der Waals surface area contributed by atoms with Gasteiger partial charge in [-0.05, 0) is 42.7 Å². The third-order valence-electron chi connectivity index (χ3n) is 17.0. The van der Waals surface area contributed by atoms with Crippen molar-refractivity contribution in [1.29, 1.82) is 0 Å². The van der Waals surface area contributed by atoms with Crippen molar-refractivity contribution in [1.82, 2.24) is 5.32 Å². The Bertz CT molecular complexity index is 2470. The summed E-state index contributed by atoms with van der Waals surface area (Å²) in [6.45, 7) is 23.6. The molecule has 1 N–H and O–H groups in total. The summed E-state index contributed by atoms with van der Waals surface area (Å²) in [7, 11) is 0. The predicted octanol–water partition coefficient (Wildman–Crippen LogP) is 5.04. The normalized spacial score (nSPS) is 37.7. The zero-order valence-electron chi connectivity index (χ0n) is 52.8. The first-order valence-electron chi connectivity index (χ1n) is 30.1. The lowest BCUT2D eigenvalue weighted by atomic mass is 9.81. The molecule has 0 aliphatic carbocycles. The van der Waals surface area contributed by atoms with E-state index in [1.54, 1.807) is 45.0 Å². The van der Waals surface area contributed by atoms with Crippen molar-refractivity contribution in [3.05, 3.63) is 30.3 Å². The lowest BCUT2D eigenvalue weighted by molar-refractivity contribution is -0.382. The molecule has 26 nitrogen and oxygen atoms in total. The van der Waals surface area contributed by atoms with Gasteiger partial charge in [0.25, 0.3) is 5.91 Å². The first kappa shape index (κ1) is 70.5. The molecule has 10 unspecified atom stereocenters. The number of hydrogen-bond acceptors (Lipinski definition) is 25. The van der Waals surface area contributed by atoms with E-state index in [9.17, 15) is 38.4 Å². The number of rotatable bonds is 24. The van der Waals surface area contributed by atoms with Gasteiger partial charge in [0.1, 0.15) is 68.3 Å². The average Bonchev–Trinajstić information content (AvgIpc) is 2.07. The fourth-order valence-corrected chi connectivity index (χ4v) is 11.9. The lowest BCUT2D eigenvalue weighted by Gasteiger charge is -2.52. The first-order valence-corrected chi connectivity index (χ1v) is 30.1. The number of carbonyl (C=O) groups excluding carboxylic acids is 8. The van der Waals surface area contributed by atoms with E-state index < -0.39 is 171 Å². The number of ether oxygens (including phenoxy) is 17. The summed E-state index contributed by atoms with van der Waals surface area (Å²) in [5, 5.41) is 2.91. The van der Waals surface area contributed by atoms with Crippen LogP contribution >= 0.6 is 0 Å². The summed E-state index contributed by atoms with van der Waals surface area (Å²) in [5.74, 6) is -8.52. The lowest BCUT2D eigenvalue weighted by Crippen LogP contribution is -2.66. The monoisotopic (exact) mass is 1240 g/mol. The number of amides is 1. The highest BCUT2D eigenvalue weighted by atomic mass is 16.8. The van der Waals surface area contributed by atoms with Crippen LogP contribution in [0.4, 0.5) is 0 Å². The molecule has 5 fully saturated rings. The zero-order chi connectivity index (χ0) is 64.1. The Kier molecular flexibility index (Phi) is 26.1. The van der Waals surface area contributed by atoms with Crippen molar-refractivity contribution in [2.75, 3.05) is 26.4 Å². The Morgan fingerprint density at radius 2 is 0.701 bits per heavy atom. The number of carbonyl (C=O) groups is 8. The fourth-order valence-electron chi connectivity index (χ4n) is 11.9. The molecule has 0 saturated carbocycles. The second-order valence-electron chi connectivity index (χ2n) is 23.4. The van der Waals surface area contributed by atoms with Crippen LogP contribution in [0.25, 0.3) is 0 Å². The van der Waals surface area contributed by atoms with Gasteiger partial charge < -0.3 is 85.8 Å². The van der Waals surface area contributed by atoms with Crippen molar-refractivity contribution in [3.8, 4) is 5.75 Å². The van der Waals surface area contributed by atoms with Crippen LogP contribution in [-0.2, 0) is 114 Å². The molecule has 0 spiro atoms. The zero-order valence-corrected chi connectivity index (χ0v) is 52.8. The second kappa shape index (κ2) is 32.2. The molecule has 25 atom stereocenters. The van der Waals surface area contributed by atoms with Crippen molar-refractivity contribution in [2.24, 2.45) is 41.4 Å². The first-order chi connectivity index (χ1) is 41.1. The molecular formula is C61H91NO25. The SMILES string of the molecule is CCC1O[C@H](O[C@@H]2C(OC(C)=O)[C@@H](O[C@@H]3C(OC(C)=O)[C@@H](O[C@@H]4C(OC(C)=O)[C@@H](OC5[C@@H](C)[C@H](C)C(CC)O[C@@H]5NC(=O)COc5ccccc5)OC(COC(C)=O)[C@H]4C)OC(COC(C)=O)[C@H]3C)OC(COC(C)=O)[C@H]2C)C(OC(C)=O)[C@@H](C)[C@@H]1C. The van der Waals surface area contributed by atoms with E-state index in [0.29, 0.717) is 18.6 Å². The van der Waals surface area contributed by atoms with Gasteiger partial charge in [-0.3, -0.25) is 38.4 Å². The summed E-state index contributed by atoms with van der Waals surface area (Å²) < 4.78 is 107. The van der Waals surface area contributed by atoms with Gasteiger partial charge in [0.2, 0.25) is 0 Å². The van der Waals surface area contributed by atoms with Crippen LogP contribution in [0.1, 0.15) is 124 Å². The number of hydrogen-bond donors (Lipinski definition) is 1. The highest BCUT2D eigenvalue weighted by molar-refractivity contribution is 5.77. The molecule has 5 aliphatic heterocycles. The maximum Gasteiger partial charge on any atom is 0.303 e. The summed E-state index contributed by atoms with van der Waals surface area (Å²) in [6.07, 6.45) is -20.5. The Hall–Kier alpha value is -5.58. The van der Waals surface area contributed by atoms with Crippen LogP contribution < -0.4 is 10.1 Å². The highest BCUT2D eigenvalue weighted by Gasteiger charge is 2.58. The molecule has 0 radical (unpaired) electrons. The Morgan fingerprint density at radius 1 is 0.379 bits per heavy atom. The number of esters is 7. The largest absolute Gasteiger partial charge is 0.484 e. The van der Waals surface area contributed by atoms with E-state index >= 15 is 0 Å². The topological polar surface area (TPSA) is 305 Å². The van der Waals surface area contributed by atoms with Crippen molar-refractivity contribution < 1.29 is 119 Å². The molecule has 5 saturated heterocycles.